The molecule has 2 aliphatic rings. The lowest BCUT2D eigenvalue weighted by Gasteiger charge is -2.35. The Bertz CT molecular complexity index is 607. The summed E-state index contributed by atoms with van der Waals surface area (Å²) in [6.07, 6.45) is 10.1. The number of nitrogens with zero attached hydrogens (tertiary/aromatic N) is 2. The Kier molecular flexibility index (Phi) is 6.12. The topological polar surface area (TPSA) is 73.3 Å². The number of aryl methyl sites for hydroxylation is 1. The summed E-state index contributed by atoms with van der Waals surface area (Å²) in [4.78, 5) is 21.2. The highest BCUT2D eigenvalue weighted by Gasteiger charge is 2.57. The second kappa shape index (κ2) is 8.33. The van der Waals surface area contributed by atoms with Gasteiger partial charge in [-0.25, -0.2) is 9.97 Å². The van der Waals surface area contributed by atoms with Crippen molar-refractivity contribution >= 4 is 5.97 Å². The normalized spacial score (nSPS) is 28.1. The Morgan fingerprint density at radius 3 is 2.77 bits per heavy atom. The van der Waals surface area contributed by atoms with Gasteiger partial charge in [-0.15, -0.1) is 0 Å². The Balaban J connectivity index is 1.62. The Morgan fingerprint density at radius 2 is 2.12 bits per heavy atom. The fraction of sp³-hybridized carbons (Fsp3) is 0.750. The lowest BCUT2D eigenvalue weighted by atomic mass is 10.0. The Labute approximate surface area is 156 Å². The molecule has 0 spiro atoms. The van der Waals surface area contributed by atoms with Crippen molar-refractivity contribution in [1.29, 1.82) is 0 Å². The molecule has 0 aromatic carbocycles. The predicted octanol–water partition coefficient (Wildman–Crippen LogP) is 3.26. The molecule has 1 saturated carbocycles. The summed E-state index contributed by atoms with van der Waals surface area (Å²) in [5.74, 6) is 0.253. The van der Waals surface area contributed by atoms with Crippen LogP contribution in [0.1, 0.15) is 64.9 Å². The number of piperidine rings is 1. The minimum Gasteiger partial charge on any atom is -0.454 e. The largest absolute Gasteiger partial charge is 0.454 e. The number of fused-ring (bicyclic) bond motifs is 2. The van der Waals surface area contributed by atoms with E-state index < -0.39 is 5.72 Å². The van der Waals surface area contributed by atoms with Gasteiger partial charge in [-0.05, 0) is 30.7 Å². The van der Waals surface area contributed by atoms with E-state index in [0.29, 0.717) is 11.9 Å². The number of rotatable bonds is 9. The third-order valence-electron chi connectivity index (χ3n) is 5.61. The molecule has 1 aromatic rings. The molecule has 2 fully saturated rings. The third kappa shape index (κ3) is 4.17. The number of aromatic nitrogens is 2. The van der Waals surface area contributed by atoms with Crippen molar-refractivity contribution in [3.05, 3.63) is 18.0 Å². The van der Waals surface area contributed by atoms with Gasteiger partial charge in [0.25, 0.3) is 0 Å². The van der Waals surface area contributed by atoms with Crippen LogP contribution in [0.25, 0.3) is 0 Å². The zero-order valence-corrected chi connectivity index (χ0v) is 16.2. The molecular formula is C20H31N3O3. The summed E-state index contributed by atoms with van der Waals surface area (Å²) in [5, 5.41) is 3.39. The number of ether oxygens (including phenoxy) is 2. The van der Waals surface area contributed by atoms with E-state index in [1.807, 2.05) is 6.92 Å². The number of nitrogens with one attached hydrogen (secondary N) is 1. The fourth-order valence-electron chi connectivity index (χ4n) is 3.89. The number of esters is 1. The quantitative estimate of drug-likeness (QED) is 0.538. The van der Waals surface area contributed by atoms with Crippen LogP contribution in [0.3, 0.4) is 0 Å². The fourth-order valence-corrected chi connectivity index (χ4v) is 3.89. The average Bonchev–Trinajstić information content (AvgIpc) is 3.20. The molecule has 6 heteroatoms. The van der Waals surface area contributed by atoms with Gasteiger partial charge in [0, 0.05) is 25.4 Å². The number of carbonyl (C=O) groups is 1. The van der Waals surface area contributed by atoms with E-state index in [0.717, 1.165) is 57.1 Å². The zero-order valence-electron chi connectivity index (χ0n) is 16.2. The monoisotopic (exact) mass is 361 g/mol. The van der Waals surface area contributed by atoms with E-state index in [1.54, 1.807) is 12.4 Å². The molecule has 1 unspecified atom stereocenters. The number of carbonyl (C=O) groups excluding carboxylic acids is 1. The van der Waals surface area contributed by atoms with Gasteiger partial charge in [-0.3, -0.25) is 10.1 Å². The summed E-state index contributed by atoms with van der Waals surface area (Å²) < 4.78 is 12.0. The van der Waals surface area contributed by atoms with Crippen molar-refractivity contribution < 1.29 is 14.3 Å². The van der Waals surface area contributed by atoms with Gasteiger partial charge in [0.15, 0.2) is 6.10 Å². The van der Waals surface area contributed by atoms with Crippen LogP contribution in [0.2, 0.25) is 0 Å². The van der Waals surface area contributed by atoms with Gasteiger partial charge >= 0.3 is 12.0 Å². The van der Waals surface area contributed by atoms with Crippen LogP contribution in [0, 0.1) is 11.8 Å². The van der Waals surface area contributed by atoms with E-state index in [1.165, 1.54) is 0 Å². The van der Waals surface area contributed by atoms with Gasteiger partial charge in [-0.2, -0.15) is 0 Å². The standard InChI is InChI=1S/C20H31N3O3/c1-4-6-7-8-14(3)18(24)26-20-10-16(13-23-20)9-17(20)25-19-21-11-15(5-2)12-22-19/h11-12,14,16-17,23H,4-10,13H2,1-3H3/t14?,16-,17-,20+/m1/s1. The first-order valence-corrected chi connectivity index (χ1v) is 10.0. The van der Waals surface area contributed by atoms with Crippen LogP contribution < -0.4 is 10.1 Å². The van der Waals surface area contributed by atoms with Crippen LogP contribution >= 0.6 is 0 Å². The van der Waals surface area contributed by atoms with Crippen molar-refractivity contribution in [2.45, 2.75) is 77.5 Å². The minimum absolute atomic E-state index is 0.0851. The molecule has 1 aliphatic carbocycles. The summed E-state index contributed by atoms with van der Waals surface area (Å²) in [6.45, 7) is 7.06. The maximum absolute atomic E-state index is 12.6. The molecule has 26 heavy (non-hydrogen) atoms. The molecule has 2 bridgehead atoms. The van der Waals surface area contributed by atoms with Crippen molar-refractivity contribution in [1.82, 2.24) is 15.3 Å². The smallest absolute Gasteiger partial charge is 0.316 e. The van der Waals surface area contributed by atoms with E-state index in [4.69, 9.17) is 9.47 Å². The third-order valence-corrected chi connectivity index (χ3v) is 5.61. The van der Waals surface area contributed by atoms with Crippen molar-refractivity contribution in [2.24, 2.45) is 11.8 Å². The summed E-state index contributed by atoms with van der Waals surface area (Å²) in [7, 11) is 0. The molecule has 3 rings (SSSR count). The molecular weight excluding hydrogens is 330 g/mol. The van der Waals surface area contributed by atoms with Crippen LogP contribution in [0.4, 0.5) is 0 Å². The number of unbranched alkanes of at least 4 members (excludes halogenated alkanes) is 2. The predicted molar refractivity (Wildman–Crippen MR) is 98.7 cm³/mol. The van der Waals surface area contributed by atoms with Crippen LogP contribution in [-0.4, -0.2) is 34.3 Å². The van der Waals surface area contributed by atoms with Gasteiger partial charge < -0.3 is 9.47 Å². The zero-order chi connectivity index (χ0) is 18.6. The first kappa shape index (κ1) is 19.1. The summed E-state index contributed by atoms with van der Waals surface area (Å²) in [5.41, 5.74) is 0.346. The SMILES string of the molecule is CCCCCC(C)C(=O)O[C@]12C[C@H](CN1)C[C@H]2Oc1ncc(CC)cn1. The number of hydrogen-bond acceptors (Lipinski definition) is 6. The van der Waals surface area contributed by atoms with Crippen molar-refractivity contribution in [2.75, 3.05) is 6.54 Å². The van der Waals surface area contributed by atoms with Crippen LogP contribution in [0.15, 0.2) is 12.4 Å². The maximum Gasteiger partial charge on any atom is 0.316 e. The lowest BCUT2D eigenvalue weighted by molar-refractivity contribution is -0.177. The van der Waals surface area contributed by atoms with Crippen molar-refractivity contribution in [3.8, 4) is 6.01 Å². The summed E-state index contributed by atoms with van der Waals surface area (Å²) >= 11 is 0. The molecule has 1 aliphatic heterocycles. The van der Waals surface area contributed by atoms with E-state index in [-0.39, 0.29) is 18.0 Å². The summed E-state index contributed by atoms with van der Waals surface area (Å²) in [6, 6.07) is 0.355. The highest BCUT2D eigenvalue weighted by atomic mass is 16.6. The molecule has 4 atom stereocenters. The van der Waals surface area contributed by atoms with Gasteiger partial charge in [0.1, 0.15) is 0 Å². The average molecular weight is 361 g/mol. The first-order valence-electron chi connectivity index (χ1n) is 10.0. The molecule has 1 saturated heterocycles. The van der Waals surface area contributed by atoms with Crippen molar-refractivity contribution in [3.63, 3.8) is 0 Å². The van der Waals surface area contributed by atoms with E-state index in [2.05, 4.69) is 29.1 Å². The molecule has 6 nitrogen and oxygen atoms in total. The second-order valence-electron chi connectivity index (χ2n) is 7.73. The lowest BCUT2D eigenvalue weighted by Crippen LogP contribution is -2.56. The maximum atomic E-state index is 12.6. The van der Waals surface area contributed by atoms with Gasteiger partial charge in [-0.1, -0.05) is 40.0 Å². The van der Waals surface area contributed by atoms with Crippen LogP contribution in [-0.2, 0) is 16.0 Å². The van der Waals surface area contributed by atoms with E-state index >= 15 is 0 Å². The number of hydrogen-bond donors (Lipinski definition) is 1. The second-order valence-corrected chi connectivity index (χ2v) is 7.73. The Morgan fingerprint density at radius 1 is 1.35 bits per heavy atom. The highest BCUT2D eigenvalue weighted by molar-refractivity contribution is 5.72. The molecule has 144 valence electrons. The Hall–Kier alpha value is -1.69. The minimum atomic E-state index is -0.729. The molecule has 0 radical (unpaired) electrons. The van der Waals surface area contributed by atoms with Crippen LogP contribution in [0.5, 0.6) is 6.01 Å². The molecule has 1 aromatic heterocycles. The first-order chi connectivity index (χ1) is 12.6. The highest BCUT2D eigenvalue weighted by Crippen LogP contribution is 2.43. The molecule has 0 amide bonds. The molecule has 2 heterocycles. The van der Waals surface area contributed by atoms with Gasteiger partial charge in [0.2, 0.25) is 5.72 Å². The van der Waals surface area contributed by atoms with E-state index in [9.17, 15) is 4.79 Å². The van der Waals surface area contributed by atoms with Gasteiger partial charge in [0.05, 0.1) is 5.92 Å². The molecule has 1 N–H and O–H groups in total.